The molecule has 1 aliphatic rings. The van der Waals surface area contributed by atoms with Crippen LogP contribution in [0.15, 0.2) is 90.4 Å². The quantitative estimate of drug-likeness (QED) is 0.379. The van der Waals surface area contributed by atoms with Gasteiger partial charge in [0.15, 0.2) is 18.9 Å². The van der Waals surface area contributed by atoms with Gasteiger partial charge in [0, 0.05) is 17.2 Å². The summed E-state index contributed by atoms with van der Waals surface area (Å²) in [7, 11) is 0. The van der Waals surface area contributed by atoms with E-state index in [4.69, 9.17) is 16.3 Å². The van der Waals surface area contributed by atoms with Gasteiger partial charge < -0.3 is 27.8 Å². The number of nitrogens with one attached hydrogen (secondary N) is 2. The summed E-state index contributed by atoms with van der Waals surface area (Å²) < 4.78 is 7.25. The number of halogens is 2. The van der Waals surface area contributed by atoms with E-state index in [1.807, 2.05) is 47.3 Å². The summed E-state index contributed by atoms with van der Waals surface area (Å²) in [6, 6.07) is 20.4. The molecule has 176 valence electrons. The third-order valence-corrected chi connectivity index (χ3v) is 5.66. The molecule has 34 heavy (non-hydrogen) atoms. The Bertz CT molecular complexity index is 1160. The van der Waals surface area contributed by atoms with Gasteiger partial charge in [0.05, 0.1) is 23.9 Å². The fraction of sp³-hybridized carbons (Fsp3) is 0.192. The van der Waals surface area contributed by atoms with Crippen molar-refractivity contribution in [2.75, 3.05) is 6.61 Å². The number of urea groups is 1. The van der Waals surface area contributed by atoms with Gasteiger partial charge in [0.1, 0.15) is 0 Å². The van der Waals surface area contributed by atoms with Gasteiger partial charge in [-0.1, -0.05) is 54.1 Å². The highest BCUT2D eigenvalue weighted by Crippen LogP contribution is 2.28. The smallest absolute Gasteiger partial charge is 0.338 e. The summed E-state index contributed by atoms with van der Waals surface area (Å²) >= 11 is 6.02. The number of allylic oxidation sites excluding steroid dienone is 1. The molecular formula is C26H25Cl2N3O3. The number of benzene rings is 2. The molecule has 8 heteroatoms. The lowest BCUT2D eigenvalue weighted by atomic mass is 9.95. The molecule has 6 nitrogen and oxygen atoms in total. The van der Waals surface area contributed by atoms with E-state index in [0.717, 1.165) is 12.0 Å². The summed E-state index contributed by atoms with van der Waals surface area (Å²) in [5.41, 5.74) is 4.03. The van der Waals surface area contributed by atoms with Gasteiger partial charge in [0.25, 0.3) is 0 Å². The van der Waals surface area contributed by atoms with E-state index < -0.39 is 12.0 Å². The Morgan fingerprint density at radius 1 is 1.00 bits per heavy atom. The second kappa shape index (κ2) is 11.7. The average molecular weight is 498 g/mol. The zero-order valence-corrected chi connectivity index (χ0v) is 20.1. The Kier molecular flexibility index (Phi) is 8.68. The molecule has 0 aliphatic carbocycles. The second-order valence-electron chi connectivity index (χ2n) is 7.74. The van der Waals surface area contributed by atoms with Crippen molar-refractivity contribution >= 4 is 23.6 Å². The summed E-state index contributed by atoms with van der Waals surface area (Å²) in [5, 5.41) is 6.21. The van der Waals surface area contributed by atoms with Crippen LogP contribution in [0.25, 0.3) is 0 Å². The maximum atomic E-state index is 12.9. The monoisotopic (exact) mass is 497 g/mol. The number of pyridine rings is 1. The van der Waals surface area contributed by atoms with Crippen molar-refractivity contribution in [1.82, 2.24) is 10.6 Å². The lowest BCUT2D eigenvalue weighted by Gasteiger charge is -2.28. The summed E-state index contributed by atoms with van der Waals surface area (Å²) in [6.07, 6.45) is 4.72. The molecule has 0 saturated carbocycles. The Labute approximate surface area is 210 Å². The first-order valence-corrected chi connectivity index (χ1v) is 11.2. The molecule has 0 fully saturated rings. The van der Waals surface area contributed by atoms with Gasteiger partial charge in [-0.15, -0.1) is 0 Å². The van der Waals surface area contributed by atoms with Crippen LogP contribution in [0, 0.1) is 0 Å². The highest BCUT2D eigenvalue weighted by molar-refractivity contribution is 6.30. The van der Waals surface area contributed by atoms with E-state index >= 15 is 0 Å². The van der Waals surface area contributed by atoms with Crippen LogP contribution >= 0.6 is 11.6 Å². The molecule has 0 radical (unpaired) electrons. The molecule has 4 rings (SSSR count). The largest absolute Gasteiger partial charge is 1.00 e. The molecule has 1 unspecified atom stereocenters. The zero-order chi connectivity index (χ0) is 23.2. The Hall–Kier alpha value is -3.35. The predicted molar refractivity (Wildman–Crippen MR) is 125 cm³/mol. The number of aromatic nitrogens is 1. The molecule has 0 saturated heterocycles. The number of hydrogen-bond acceptors (Lipinski definition) is 3. The van der Waals surface area contributed by atoms with Gasteiger partial charge in [-0.2, -0.15) is 4.57 Å². The van der Waals surface area contributed by atoms with E-state index in [-0.39, 0.29) is 25.0 Å². The number of carbonyl (C=O) groups is 2. The van der Waals surface area contributed by atoms with Crippen LogP contribution in [0.4, 0.5) is 4.79 Å². The highest BCUT2D eigenvalue weighted by Gasteiger charge is 2.35. The first kappa shape index (κ1) is 25.3. The van der Waals surface area contributed by atoms with Crippen molar-refractivity contribution in [3.8, 4) is 0 Å². The molecule has 1 aromatic heterocycles. The van der Waals surface area contributed by atoms with Crippen LogP contribution in [-0.4, -0.2) is 18.6 Å². The molecule has 2 amide bonds. The molecule has 1 atom stereocenters. The number of esters is 1. The van der Waals surface area contributed by atoms with Crippen LogP contribution in [0.3, 0.4) is 0 Å². The lowest BCUT2D eigenvalue weighted by Crippen LogP contribution is -3.00. The minimum Gasteiger partial charge on any atom is -1.00 e. The maximum absolute atomic E-state index is 12.9. The number of hydrogen-bond donors (Lipinski definition) is 2. The normalized spacial score (nSPS) is 15.1. The van der Waals surface area contributed by atoms with Crippen LogP contribution in [0.1, 0.15) is 29.7 Å². The van der Waals surface area contributed by atoms with Gasteiger partial charge in [-0.3, -0.25) is 0 Å². The van der Waals surface area contributed by atoms with Crippen molar-refractivity contribution in [2.45, 2.75) is 25.9 Å². The molecule has 1 aliphatic heterocycles. The molecule has 2 heterocycles. The van der Waals surface area contributed by atoms with Crippen LogP contribution < -0.4 is 27.6 Å². The van der Waals surface area contributed by atoms with Gasteiger partial charge in [-0.25, -0.2) is 9.59 Å². The van der Waals surface area contributed by atoms with Crippen LogP contribution in [-0.2, 0) is 22.5 Å². The second-order valence-corrected chi connectivity index (χ2v) is 8.17. The van der Waals surface area contributed by atoms with E-state index in [1.54, 1.807) is 31.2 Å². The molecule has 0 spiro atoms. The zero-order valence-electron chi connectivity index (χ0n) is 18.6. The van der Waals surface area contributed by atoms with Gasteiger partial charge >= 0.3 is 12.0 Å². The third kappa shape index (κ3) is 6.16. The Morgan fingerprint density at radius 3 is 2.29 bits per heavy atom. The number of rotatable bonds is 7. The van der Waals surface area contributed by atoms with Crippen molar-refractivity contribution < 1.29 is 31.3 Å². The van der Waals surface area contributed by atoms with E-state index in [1.165, 1.54) is 11.1 Å². The minimum atomic E-state index is -0.636. The maximum Gasteiger partial charge on any atom is 0.338 e. The van der Waals surface area contributed by atoms with Gasteiger partial charge in [0.2, 0.25) is 0 Å². The van der Waals surface area contributed by atoms with E-state index in [9.17, 15) is 9.59 Å². The number of nitrogens with zero attached hydrogens (tertiary/aromatic N) is 1. The predicted octanol–water partition coefficient (Wildman–Crippen LogP) is 1.09. The first-order chi connectivity index (χ1) is 16.0. The van der Waals surface area contributed by atoms with Crippen LogP contribution in [0.5, 0.6) is 0 Å². The summed E-state index contributed by atoms with van der Waals surface area (Å²) in [6.45, 7) is 2.31. The molecule has 2 N–H and O–H groups in total. The van der Waals surface area contributed by atoms with Crippen molar-refractivity contribution in [1.29, 1.82) is 0 Å². The Morgan fingerprint density at radius 2 is 1.65 bits per heavy atom. The molecule has 0 bridgehead atoms. The van der Waals surface area contributed by atoms with E-state index in [2.05, 4.69) is 22.8 Å². The highest BCUT2D eigenvalue weighted by atomic mass is 35.5. The molecular weight excluding hydrogens is 473 g/mol. The average Bonchev–Trinajstić information content (AvgIpc) is 2.81. The fourth-order valence-electron chi connectivity index (χ4n) is 3.82. The van der Waals surface area contributed by atoms with Crippen molar-refractivity contribution in [2.24, 2.45) is 0 Å². The molecule has 2 aromatic carbocycles. The lowest BCUT2D eigenvalue weighted by molar-refractivity contribution is -0.689. The van der Waals surface area contributed by atoms with Gasteiger partial charge in [-0.05, 0) is 42.2 Å². The fourth-order valence-corrected chi connectivity index (χ4v) is 3.95. The van der Waals surface area contributed by atoms with Crippen molar-refractivity contribution in [3.05, 3.63) is 112 Å². The number of carbonyl (C=O) groups excluding carboxylic acids is 2. The minimum absolute atomic E-state index is 0. The van der Waals surface area contributed by atoms with Crippen molar-refractivity contribution in [3.63, 3.8) is 0 Å². The number of amides is 2. The van der Waals surface area contributed by atoms with Crippen LogP contribution in [0.2, 0.25) is 5.02 Å². The molecule has 3 aromatic rings. The summed E-state index contributed by atoms with van der Waals surface area (Å²) in [4.78, 5) is 25.4. The first-order valence-electron chi connectivity index (χ1n) is 10.8. The Balaban J connectivity index is 0.00000324. The van der Waals surface area contributed by atoms with E-state index in [0.29, 0.717) is 22.8 Å². The standard InChI is InChI=1S/C26H24ClN3O3.ClH/c1-2-33-25(31)23-22(28-26(32)29-24(23)20-8-10-21(27)11-9-20)17-30-14-12-19(13-15-30)16-18-6-4-3-5-7-18;/h3-15,24H,2,16-17H2,1H3,(H-,28,29,31,32);1H. The summed E-state index contributed by atoms with van der Waals surface area (Å²) in [5.74, 6) is -0.471. The topological polar surface area (TPSA) is 71.3 Å². The third-order valence-electron chi connectivity index (χ3n) is 5.40. The number of ether oxygens (including phenoxy) is 1. The SMILES string of the molecule is CCOC(=O)C1=C(C[n+]2ccc(Cc3ccccc3)cc2)NC(=O)NC1c1ccc(Cl)cc1.[Cl-].